The number of rotatable bonds is 3. The van der Waals surface area contributed by atoms with E-state index in [9.17, 15) is 4.79 Å². The number of hydrogen-bond acceptors (Lipinski definition) is 2. The molecule has 0 saturated heterocycles. The van der Waals surface area contributed by atoms with Crippen molar-refractivity contribution in [2.75, 3.05) is 0 Å². The van der Waals surface area contributed by atoms with Crippen LogP contribution in [-0.4, -0.2) is 11.6 Å². The van der Waals surface area contributed by atoms with E-state index in [-0.39, 0.29) is 0 Å². The summed E-state index contributed by atoms with van der Waals surface area (Å²) in [6.07, 6.45) is 2.69. The van der Waals surface area contributed by atoms with Crippen molar-refractivity contribution in [1.82, 2.24) is 0 Å². The van der Waals surface area contributed by atoms with Crippen molar-refractivity contribution in [3.05, 3.63) is 25.3 Å². The predicted molar refractivity (Wildman–Crippen MR) is 40.6 cm³/mol. The predicted octanol–water partition coefficient (Wildman–Crippen LogP) is 1.68. The molecule has 0 rings (SSSR count). The maximum atomic E-state index is 10.6. The van der Waals surface area contributed by atoms with E-state index in [0.29, 0.717) is 0 Å². The molecule has 0 N–H and O–H groups in total. The van der Waals surface area contributed by atoms with Crippen LogP contribution < -0.4 is 0 Å². The molecule has 56 valence electrons. The van der Waals surface area contributed by atoms with Gasteiger partial charge in [0.05, 0.1) is 0 Å². The molecule has 0 saturated carbocycles. The molecule has 0 heterocycles. The topological polar surface area (TPSA) is 26.3 Å². The fourth-order valence-electron chi connectivity index (χ4n) is 0.343. The molecule has 0 aromatic heterocycles. The lowest BCUT2D eigenvalue weighted by molar-refractivity contribution is -0.146. The van der Waals surface area contributed by atoms with Crippen LogP contribution in [0.3, 0.4) is 0 Å². The molecule has 0 aromatic rings. The van der Waals surface area contributed by atoms with Gasteiger partial charge in [0, 0.05) is 6.08 Å². The zero-order chi connectivity index (χ0) is 8.20. The van der Waals surface area contributed by atoms with Crippen molar-refractivity contribution in [1.29, 1.82) is 0 Å². The zero-order valence-electron chi connectivity index (χ0n) is 6.39. The van der Waals surface area contributed by atoms with Gasteiger partial charge in [0.15, 0.2) is 0 Å². The summed E-state index contributed by atoms with van der Waals surface area (Å²) >= 11 is 0. The van der Waals surface area contributed by atoms with Crippen LogP contribution in [0.4, 0.5) is 0 Å². The third-order valence-electron chi connectivity index (χ3n) is 1.02. The normalized spacial score (nSPS) is 10.2. The lowest BCUT2D eigenvalue weighted by atomic mass is 10.1. The van der Waals surface area contributed by atoms with Crippen molar-refractivity contribution in [3.8, 4) is 0 Å². The lowest BCUT2D eigenvalue weighted by Gasteiger charge is -2.18. The van der Waals surface area contributed by atoms with Crippen molar-refractivity contribution in [2.45, 2.75) is 19.4 Å². The summed E-state index contributed by atoms with van der Waals surface area (Å²) in [6.45, 7) is 10.3. The summed E-state index contributed by atoms with van der Waals surface area (Å²) in [7, 11) is 0. The van der Waals surface area contributed by atoms with Crippen LogP contribution in [0.2, 0.25) is 0 Å². The van der Waals surface area contributed by atoms with E-state index in [1.807, 2.05) is 0 Å². The number of carbonyl (C=O) groups excluding carboxylic acids is 1. The highest BCUT2D eigenvalue weighted by molar-refractivity contribution is 5.81. The van der Waals surface area contributed by atoms with E-state index in [1.54, 1.807) is 19.9 Å². The van der Waals surface area contributed by atoms with Gasteiger partial charge in [-0.25, -0.2) is 4.79 Å². The smallest absolute Gasteiger partial charge is 0.330 e. The van der Waals surface area contributed by atoms with Crippen LogP contribution in [0.15, 0.2) is 25.3 Å². The highest BCUT2D eigenvalue weighted by Gasteiger charge is 2.15. The number of esters is 1. The molecule has 2 heteroatoms. The summed E-state index contributed by atoms with van der Waals surface area (Å²) in [4.78, 5) is 10.6. The van der Waals surface area contributed by atoms with Crippen LogP contribution >= 0.6 is 0 Å². The minimum atomic E-state index is -0.592. The molecular formula is C8H12O2. The second kappa shape index (κ2) is 3.20. The highest BCUT2D eigenvalue weighted by Crippen LogP contribution is 2.09. The third kappa shape index (κ3) is 3.07. The van der Waals surface area contributed by atoms with E-state index >= 15 is 0 Å². The average Bonchev–Trinajstić information content (AvgIpc) is 1.87. The Hall–Kier alpha value is -1.05. The van der Waals surface area contributed by atoms with Crippen molar-refractivity contribution >= 4 is 5.97 Å². The summed E-state index contributed by atoms with van der Waals surface area (Å²) in [5.41, 5.74) is -0.592. The fraction of sp³-hybridized carbons (Fsp3) is 0.375. The quantitative estimate of drug-likeness (QED) is 0.338. The first kappa shape index (κ1) is 8.95. The van der Waals surface area contributed by atoms with E-state index in [2.05, 4.69) is 13.2 Å². The van der Waals surface area contributed by atoms with Crippen LogP contribution in [0, 0.1) is 0 Å². The molecule has 0 unspecified atom stereocenters. The van der Waals surface area contributed by atoms with Gasteiger partial charge in [-0.3, -0.25) is 0 Å². The van der Waals surface area contributed by atoms with Crippen LogP contribution in [0.25, 0.3) is 0 Å². The molecule has 0 radical (unpaired) electrons. The number of hydrogen-bond donors (Lipinski definition) is 0. The van der Waals surface area contributed by atoms with Gasteiger partial charge in [0.25, 0.3) is 0 Å². The maximum Gasteiger partial charge on any atom is 0.330 e. The van der Waals surface area contributed by atoms with Gasteiger partial charge in [-0.2, -0.15) is 0 Å². The van der Waals surface area contributed by atoms with E-state index in [1.165, 1.54) is 0 Å². The Morgan fingerprint density at radius 3 is 2.30 bits per heavy atom. The monoisotopic (exact) mass is 140 g/mol. The molecule has 0 amide bonds. The van der Waals surface area contributed by atoms with Crippen LogP contribution in [0.1, 0.15) is 13.8 Å². The zero-order valence-corrected chi connectivity index (χ0v) is 6.39. The molecule has 0 aromatic carbocycles. The SMILES string of the molecule is C=CC(=O)OC(C)(C)C=C. The molecule has 0 fully saturated rings. The minimum Gasteiger partial charge on any atom is -0.452 e. The van der Waals surface area contributed by atoms with Crippen molar-refractivity contribution in [2.24, 2.45) is 0 Å². The molecule has 10 heavy (non-hydrogen) atoms. The fourth-order valence-corrected chi connectivity index (χ4v) is 0.343. The molecule has 0 bridgehead atoms. The molecule has 2 nitrogen and oxygen atoms in total. The molecule has 0 aliphatic rings. The standard InChI is InChI=1S/C8H12O2/c1-5-7(9)10-8(3,4)6-2/h5-6H,1-2H2,3-4H3. The number of ether oxygens (including phenoxy) is 1. The summed E-state index contributed by atoms with van der Waals surface area (Å²) in [6, 6.07) is 0. The van der Waals surface area contributed by atoms with E-state index in [0.717, 1.165) is 6.08 Å². The van der Waals surface area contributed by atoms with Crippen LogP contribution in [0.5, 0.6) is 0 Å². The highest BCUT2D eigenvalue weighted by atomic mass is 16.6. The minimum absolute atomic E-state index is 0.426. The van der Waals surface area contributed by atoms with Gasteiger partial charge in [0.2, 0.25) is 0 Å². The Bertz CT molecular complexity index is 157. The molecule has 0 atom stereocenters. The second-order valence-electron chi connectivity index (χ2n) is 2.43. The van der Waals surface area contributed by atoms with Gasteiger partial charge in [-0.05, 0) is 19.9 Å². The summed E-state index contributed by atoms with van der Waals surface area (Å²) in [5, 5.41) is 0. The van der Waals surface area contributed by atoms with Gasteiger partial charge < -0.3 is 4.74 Å². The molecule has 0 aliphatic heterocycles. The summed E-state index contributed by atoms with van der Waals surface area (Å²) in [5.74, 6) is -0.426. The largest absolute Gasteiger partial charge is 0.452 e. The molecule has 0 spiro atoms. The first-order valence-corrected chi connectivity index (χ1v) is 3.01. The third-order valence-corrected chi connectivity index (χ3v) is 1.02. The molecular weight excluding hydrogens is 128 g/mol. The summed E-state index contributed by atoms with van der Waals surface area (Å²) < 4.78 is 4.86. The number of carbonyl (C=O) groups is 1. The Morgan fingerprint density at radius 2 is 2.00 bits per heavy atom. The Labute approximate surface area is 61.2 Å². The van der Waals surface area contributed by atoms with Crippen molar-refractivity contribution in [3.63, 3.8) is 0 Å². The van der Waals surface area contributed by atoms with Gasteiger partial charge in [-0.15, -0.1) is 0 Å². The maximum absolute atomic E-state index is 10.6. The first-order chi connectivity index (χ1) is 4.52. The Morgan fingerprint density at radius 1 is 1.50 bits per heavy atom. The first-order valence-electron chi connectivity index (χ1n) is 3.01. The van der Waals surface area contributed by atoms with Crippen molar-refractivity contribution < 1.29 is 9.53 Å². The Balaban J connectivity index is 4.00. The van der Waals surface area contributed by atoms with Gasteiger partial charge in [-0.1, -0.05) is 13.2 Å². The van der Waals surface area contributed by atoms with E-state index < -0.39 is 11.6 Å². The van der Waals surface area contributed by atoms with E-state index in [4.69, 9.17) is 4.74 Å². The van der Waals surface area contributed by atoms with Gasteiger partial charge >= 0.3 is 5.97 Å². The van der Waals surface area contributed by atoms with Crippen LogP contribution in [-0.2, 0) is 9.53 Å². The lowest BCUT2D eigenvalue weighted by Crippen LogP contribution is -2.23. The average molecular weight is 140 g/mol. The van der Waals surface area contributed by atoms with Gasteiger partial charge in [0.1, 0.15) is 5.60 Å². The second-order valence-corrected chi connectivity index (χ2v) is 2.43. The molecule has 0 aliphatic carbocycles. The Kier molecular flexibility index (Phi) is 2.87.